The lowest BCUT2D eigenvalue weighted by molar-refractivity contribution is 0.185. The molecule has 3 rings (SSSR count). The lowest BCUT2D eigenvalue weighted by atomic mass is 10.2. The van der Waals surface area contributed by atoms with Crippen LogP contribution in [0.5, 0.6) is 0 Å². The Morgan fingerprint density at radius 1 is 1.15 bits per heavy atom. The minimum Gasteiger partial charge on any atom is -0.385 e. The van der Waals surface area contributed by atoms with E-state index >= 15 is 0 Å². The molecule has 0 unspecified atom stereocenters. The van der Waals surface area contributed by atoms with Crippen molar-refractivity contribution in [2.45, 2.75) is 19.6 Å². The number of aliphatic hydroxyl groups excluding tert-OH is 1. The van der Waals surface area contributed by atoms with Crippen molar-refractivity contribution >= 4 is 27.0 Å². The molecule has 0 aliphatic carbocycles. The molecule has 1 aromatic heterocycles. The highest BCUT2D eigenvalue weighted by Gasteiger charge is 2.14. The zero-order chi connectivity index (χ0) is 14.1. The summed E-state index contributed by atoms with van der Waals surface area (Å²) < 4.78 is 3.14. The second-order valence-corrected chi connectivity index (χ2v) is 5.76. The highest BCUT2D eigenvalue weighted by molar-refractivity contribution is 9.10. The molecule has 1 heterocycles. The number of aromatic nitrogens is 2. The van der Waals surface area contributed by atoms with Crippen molar-refractivity contribution in [3.8, 4) is 0 Å². The Morgan fingerprint density at radius 2 is 1.85 bits per heavy atom. The molecule has 0 radical (unpaired) electrons. The number of nitrogens with zero attached hydrogens (tertiary/aromatic N) is 2. The van der Waals surface area contributed by atoms with Gasteiger partial charge in [0.05, 0.1) is 11.0 Å². The van der Waals surface area contributed by atoms with Crippen LogP contribution < -0.4 is 0 Å². The van der Waals surface area contributed by atoms with Gasteiger partial charge in [0.1, 0.15) is 11.9 Å². The fourth-order valence-corrected chi connectivity index (χ4v) is 2.62. The molecule has 102 valence electrons. The quantitative estimate of drug-likeness (QED) is 0.790. The van der Waals surface area contributed by atoms with Gasteiger partial charge in [-0.15, -0.1) is 0 Å². The zero-order valence-corrected chi connectivity index (χ0v) is 12.7. The Bertz CT molecular complexity index is 732. The Kier molecular flexibility index (Phi) is 3.59. The van der Waals surface area contributed by atoms with Crippen molar-refractivity contribution in [1.29, 1.82) is 0 Å². The van der Waals surface area contributed by atoms with Gasteiger partial charge in [-0.05, 0) is 36.8 Å². The van der Waals surface area contributed by atoms with E-state index in [0.29, 0.717) is 12.4 Å². The maximum Gasteiger partial charge on any atom is 0.138 e. The Morgan fingerprint density at radius 3 is 2.55 bits per heavy atom. The van der Waals surface area contributed by atoms with Crippen LogP contribution in [0.25, 0.3) is 11.0 Å². The van der Waals surface area contributed by atoms with Gasteiger partial charge in [-0.25, -0.2) is 4.98 Å². The van der Waals surface area contributed by atoms with E-state index < -0.39 is 6.10 Å². The molecule has 2 aromatic carbocycles. The molecule has 0 saturated carbocycles. The molecule has 0 saturated heterocycles. The first-order chi connectivity index (χ1) is 9.65. The topological polar surface area (TPSA) is 38.1 Å². The van der Waals surface area contributed by atoms with E-state index in [-0.39, 0.29) is 0 Å². The molecule has 1 atom stereocenters. The first kappa shape index (κ1) is 13.3. The number of halogens is 1. The summed E-state index contributed by atoms with van der Waals surface area (Å²) in [6.45, 7) is 2.45. The second-order valence-electron chi connectivity index (χ2n) is 4.85. The summed E-state index contributed by atoms with van der Waals surface area (Å²) >= 11 is 3.44. The lowest BCUT2D eigenvalue weighted by Crippen LogP contribution is -2.07. The Hall–Kier alpha value is -1.65. The van der Waals surface area contributed by atoms with Gasteiger partial charge in [-0.2, -0.15) is 0 Å². The predicted molar refractivity (Wildman–Crippen MR) is 83.6 cm³/mol. The fourth-order valence-electron chi connectivity index (χ4n) is 2.35. The van der Waals surface area contributed by atoms with Gasteiger partial charge in [0.25, 0.3) is 0 Å². The molecule has 0 aliphatic rings. The molecule has 3 nitrogen and oxygen atoms in total. The molecule has 1 N–H and O–H groups in total. The van der Waals surface area contributed by atoms with E-state index in [4.69, 9.17) is 0 Å². The number of aliphatic hydroxyl groups is 1. The number of hydrogen-bond acceptors (Lipinski definition) is 2. The standard InChI is InChI=1S/C16H15BrN2O/c1-11(20)16-18-14-4-2-3-5-15(14)19(16)10-12-6-8-13(17)9-7-12/h2-9,11,20H,10H2,1H3/t11-/m0/s1. The normalized spacial score (nSPS) is 12.8. The molecule has 20 heavy (non-hydrogen) atoms. The minimum absolute atomic E-state index is 0.585. The number of hydrogen-bond donors (Lipinski definition) is 1. The van der Waals surface area contributed by atoms with Crippen LogP contribution in [-0.2, 0) is 6.54 Å². The molecule has 0 spiro atoms. The first-order valence-corrected chi connectivity index (χ1v) is 7.32. The van der Waals surface area contributed by atoms with Crippen molar-refractivity contribution < 1.29 is 5.11 Å². The van der Waals surface area contributed by atoms with Gasteiger partial charge in [0, 0.05) is 11.0 Å². The molecular formula is C16H15BrN2O. The van der Waals surface area contributed by atoms with Crippen molar-refractivity contribution in [3.05, 3.63) is 64.4 Å². The molecular weight excluding hydrogens is 316 g/mol. The van der Waals surface area contributed by atoms with E-state index in [1.54, 1.807) is 6.92 Å². The van der Waals surface area contributed by atoms with Crippen LogP contribution in [0.2, 0.25) is 0 Å². The average Bonchev–Trinajstić information content (AvgIpc) is 2.81. The third kappa shape index (κ3) is 2.49. The Balaban J connectivity index is 2.09. The fraction of sp³-hybridized carbons (Fsp3) is 0.188. The van der Waals surface area contributed by atoms with Gasteiger partial charge in [0.2, 0.25) is 0 Å². The van der Waals surface area contributed by atoms with E-state index in [1.165, 1.54) is 5.56 Å². The van der Waals surface area contributed by atoms with E-state index in [9.17, 15) is 5.11 Å². The third-order valence-electron chi connectivity index (χ3n) is 3.31. The van der Waals surface area contributed by atoms with Gasteiger partial charge < -0.3 is 9.67 Å². The van der Waals surface area contributed by atoms with Crippen LogP contribution >= 0.6 is 15.9 Å². The summed E-state index contributed by atoms with van der Waals surface area (Å²) in [5.41, 5.74) is 3.14. The highest BCUT2D eigenvalue weighted by atomic mass is 79.9. The van der Waals surface area contributed by atoms with Crippen molar-refractivity contribution in [2.75, 3.05) is 0 Å². The van der Waals surface area contributed by atoms with Gasteiger partial charge in [-0.1, -0.05) is 40.2 Å². The molecule has 0 fully saturated rings. The molecule has 3 aromatic rings. The van der Waals surface area contributed by atoms with Crippen molar-refractivity contribution in [3.63, 3.8) is 0 Å². The highest BCUT2D eigenvalue weighted by Crippen LogP contribution is 2.22. The van der Waals surface area contributed by atoms with Crippen LogP contribution in [0, 0.1) is 0 Å². The molecule has 0 amide bonds. The minimum atomic E-state index is -0.585. The maximum atomic E-state index is 9.94. The number of benzene rings is 2. The van der Waals surface area contributed by atoms with Gasteiger partial charge in [0.15, 0.2) is 0 Å². The number of rotatable bonds is 3. The first-order valence-electron chi connectivity index (χ1n) is 6.53. The number of fused-ring (bicyclic) bond motifs is 1. The monoisotopic (exact) mass is 330 g/mol. The number of imidazole rings is 1. The summed E-state index contributed by atoms with van der Waals surface area (Å²) in [6.07, 6.45) is -0.585. The van der Waals surface area contributed by atoms with Crippen molar-refractivity contribution in [2.24, 2.45) is 0 Å². The smallest absolute Gasteiger partial charge is 0.138 e. The van der Waals surface area contributed by atoms with Gasteiger partial charge in [-0.3, -0.25) is 0 Å². The van der Waals surface area contributed by atoms with E-state index in [0.717, 1.165) is 15.5 Å². The summed E-state index contributed by atoms with van der Waals surface area (Å²) in [7, 11) is 0. The molecule has 4 heteroatoms. The van der Waals surface area contributed by atoms with Crippen molar-refractivity contribution in [1.82, 2.24) is 9.55 Å². The predicted octanol–water partition coefficient (Wildman–Crippen LogP) is 3.90. The van der Waals surface area contributed by atoms with E-state index in [2.05, 4.69) is 37.6 Å². The van der Waals surface area contributed by atoms with Crippen LogP contribution in [0.4, 0.5) is 0 Å². The average molecular weight is 331 g/mol. The van der Waals surface area contributed by atoms with Gasteiger partial charge >= 0.3 is 0 Å². The Labute approximate surface area is 126 Å². The SMILES string of the molecule is C[C@H](O)c1nc2ccccc2n1Cc1ccc(Br)cc1. The van der Waals surface area contributed by atoms with Crippen LogP contribution in [0.15, 0.2) is 53.0 Å². The molecule has 0 bridgehead atoms. The summed E-state index contributed by atoms with van der Waals surface area (Å²) in [5.74, 6) is 0.703. The maximum absolute atomic E-state index is 9.94. The largest absolute Gasteiger partial charge is 0.385 e. The second kappa shape index (κ2) is 5.38. The lowest BCUT2D eigenvalue weighted by Gasteiger charge is -2.11. The summed E-state index contributed by atoms with van der Waals surface area (Å²) in [5, 5.41) is 9.94. The zero-order valence-electron chi connectivity index (χ0n) is 11.1. The van der Waals surface area contributed by atoms with E-state index in [1.807, 2.05) is 36.4 Å². The van der Waals surface area contributed by atoms with Crippen LogP contribution in [0.1, 0.15) is 24.4 Å². The molecule has 0 aliphatic heterocycles. The summed E-state index contributed by atoms with van der Waals surface area (Å²) in [6, 6.07) is 16.2. The van der Waals surface area contributed by atoms with Crippen LogP contribution in [-0.4, -0.2) is 14.7 Å². The number of para-hydroxylation sites is 2. The van der Waals surface area contributed by atoms with Crippen LogP contribution in [0.3, 0.4) is 0 Å². The third-order valence-corrected chi connectivity index (χ3v) is 3.84. The summed E-state index contributed by atoms with van der Waals surface area (Å²) in [4.78, 5) is 4.53.